The van der Waals surface area contributed by atoms with Crippen LogP contribution in [0.2, 0.25) is 0 Å². The predicted molar refractivity (Wildman–Crippen MR) is 162 cm³/mol. The van der Waals surface area contributed by atoms with Gasteiger partial charge >= 0.3 is 0 Å². The molecule has 0 fully saturated rings. The second-order valence-electron chi connectivity index (χ2n) is 12.4. The molecule has 0 saturated heterocycles. The van der Waals surface area contributed by atoms with Crippen LogP contribution in [-0.4, -0.2) is 26.2 Å². The monoisotopic (exact) mass is 510 g/mol. The summed E-state index contributed by atoms with van der Waals surface area (Å²) in [5.74, 6) is 0. The fourth-order valence-corrected chi connectivity index (χ4v) is 6.49. The molecule has 3 rings (SSSR count). The molecule has 0 spiro atoms. The molecule has 0 aromatic rings. The number of rotatable bonds is 0. The third-order valence-electron chi connectivity index (χ3n) is 8.88. The van der Waals surface area contributed by atoms with Gasteiger partial charge in [-0.15, -0.1) is 0 Å². The highest BCUT2D eigenvalue weighted by atomic mass is 15.1. The highest BCUT2D eigenvalue weighted by Gasteiger charge is 2.11. The Balaban J connectivity index is 1.32. The number of allylic oxidation sites excluding steroid dienone is 4. The molecule has 2 N–H and O–H groups in total. The Morgan fingerprint density at radius 1 is 0.351 bits per heavy atom. The summed E-state index contributed by atoms with van der Waals surface area (Å²) >= 11 is 0. The third kappa shape index (κ3) is 15.2. The van der Waals surface area contributed by atoms with E-state index < -0.39 is 0 Å². The molecule has 37 heavy (non-hydrogen) atoms. The molecule has 2 nitrogen and oxygen atoms in total. The average Bonchev–Trinajstić information content (AvgIpc) is 2.92. The second-order valence-corrected chi connectivity index (χ2v) is 12.4. The largest absolute Gasteiger partial charge is 0.305 e. The first-order valence-corrected chi connectivity index (χ1v) is 16.8. The normalized spacial score (nSPS) is 27.9. The van der Waals surface area contributed by atoms with E-state index >= 15 is 0 Å². The van der Waals surface area contributed by atoms with Crippen molar-refractivity contribution in [2.24, 2.45) is 0 Å². The molecule has 0 saturated carbocycles. The quantitative estimate of drug-likeness (QED) is 0.331. The number of quaternary nitrogens is 2. The van der Waals surface area contributed by atoms with Gasteiger partial charge in [0.25, 0.3) is 0 Å². The highest BCUT2D eigenvalue weighted by molar-refractivity contribution is 5.18. The van der Waals surface area contributed by atoms with Crippen molar-refractivity contribution in [2.45, 2.75) is 148 Å². The summed E-state index contributed by atoms with van der Waals surface area (Å²) in [4.78, 5) is 3.39. The second kappa shape index (κ2) is 20.8. The summed E-state index contributed by atoms with van der Waals surface area (Å²) in [5, 5.41) is 0. The van der Waals surface area contributed by atoms with Crippen molar-refractivity contribution in [1.82, 2.24) is 0 Å². The Hall–Kier alpha value is -1.12. The average molecular weight is 511 g/mol. The van der Waals surface area contributed by atoms with E-state index in [-0.39, 0.29) is 0 Å². The Labute approximate surface area is 231 Å². The first kappa shape index (κ1) is 30.4. The van der Waals surface area contributed by atoms with Crippen molar-refractivity contribution >= 4 is 0 Å². The van der Waals surface area contributed by atoms with Crippen molar-refractivity contribution in [3.63, 3.8) is 0 Å². The van der Waals surface area contributed by atoms with Crippen molar-refractivity contribution < 1.29 is 9.80 Å². The van der Waals surface area contributed by atoms with Gasteiger partial charge in [-0.3, -0.25) is 0 Å². The molecular weight excluding hydrogens is 448 g/mol. The molecular formula is C35H62N2+2. The molecule has 4 bridgehead atoms. The zero-order valence-electron chi connectivity index (χ0n) is 24.6. The zero-order chi connectivity index (χ0) is 25.6. The van der Waals surface area contributed by atoms with Gasteiger partial charge in [-0.1, -0.05) is 108 Å². The first-order chi connectivity index (χ1) is 18.4. The van der Waals surface area contributed by atoms with Crippen LogP contribution in [0.4, 0.5) is 0 Å². The fraction of sp³-hybridized carbons (Fsp3) is 0.771. The van der Waals surface area contributed by atoms with Gasteiger partial charge < -0.3 is 9.80 Å². The summed E-state index contributed by atoms with van der Waals surface area (Å²) in [6.45, 7) is 5.08. The highest BCUT2D eigenvalue weighted by Crippen LogP contribution is 2.16. The van der Waals surface area contributed by atoms with Crippen LogP contribution in [0.1, 0.15) is 148 Å². The van der Waals surface area contributed by atoms with Crippen LogP contribution in [0.3, 0.4) is 0 Å². The van der Waals surface area contributed by atoms with Gasteiger partial charge in [-0.2, -0.15) is 0 Å². The van der Waals surface area contributed by atoms with E-state index in [0.29, 0.717) is 0 Å². The number of fused-ring (bicyclic) bond motifs is 2. The zero-order valence-corrected chi connectivity index (χ0v) is 24.6. The molecule has 2 atom stereocenters. The molecule has 0 aliphatic carbocycles. The molecule has 0 amide bonds. The molecule has 210 valence electrons. The summed E-state index contributed by atoms with van der Waals surface area (Å²) in [5.41, 5.74) is 3.21. The van der Waals surface area contributed by atoms with Crippen molar-refractivity contribution in [2.75, 3.05) is 26.2 Å². The van der Waals surface area contributed by atoms with E-state index in [2.05, 4.69) is 36.7 Å². The lowest BCUT2D eigenvalue weighted by Gasteiger charge is -2.18. The van der Waals surface area contributed by atoms with Crippen LogP contribution in [0.15, 0.2) is 47.9 Å². The van der Waals surface area contributed by atoms with Gasteiger partial charge in [0.05, 0.1) is 25.5 Å². The number of nitrogens with one attached hydrogen (secondary N) is 2. The molecule has 3 aliphatic heterocycles. The third-order valence-corrected chi connectivity index (χ3v) is 8.88. The van der Waals surface area contributed by atoms with Gasteiger partial charge in [0.2, 0.25) is 0 Å². The van der Waals surface area contributed by atoms with Crippen LogP contribution in [-0.2, 0) is 0 Å². The minimum absolute atomic E-state index is 1.20. The topological polar surface area (TPSA) is 8.88 Å². The Kier molecular flexibility index (Phi) is 17.1. The van der Waals surface area contributed by atoms with Crippen molar-refractivity contribution in [1.29, 1.82) is 0 Å². The smallest absolute Gasteiger partial charge is 0.100 e. The molecule has 0 aromatic heterocycles. The van der Waals surface area contributed by atoms with Crippen LogP contribution in [0.25, 0.3) is 0 Å². The van der Waals surface area contributed by atoms with E-state index in [1.165, 1.54) is 174 Å². The van der Waals surface area contributed by atoms with E-state index in [0.717, 1.165) is 0 Å². The molecule has 0 radical (unpaired) electrons. The van der Waals surface area contributed by atoms with Crippen molar-refractivity contribution in [3.8, 4) is 0 Å². The number of hydrogen-bond donors (Lipinski definition) is 2. The van der Waals surface area contributed by atoms with Crippen LogP contribution in [0.5, 0.6) is 0 Å². The molecule has 3 heterocycles. The summed E-state index contributed by atoms with van der Waals surface area (Å²) in [6, 6.07) is 0. The van der Waals surface area contributed by atoms with Crippen molar-refractivity contribution in [3.05, 3.63) is 47.9 Å². The molecule has 0 aromatic carbocycles. The molecule has 2 heteroatoms. The summed E-state index contributed by atoms with van der Waals surface area (Å²) in [7, 11) is 0. The predicted octanol–water partition coefficient (Wildman–Crippen LogP) is 7.65. The van der Waals surface area contributed by atoms with Gasteiger partial charge in [0, 0.05) is 11.1 Å². The molecule has 3 aliphatic rings. The van der Waals surface area contributed by atoms with E-state index in [9.17, 15) is 0 Å². The lowest BCUT2D eigenvalue weighted by Crippen LogP contribution is -3.07. The Morgan fingerprint density at radius 3 is 1.00 bits per heavy atom. The van der Waals surface area contributed by atoms with Gasteiger partial charge in [-0.25, -0.2) is 0 Å². The Bertz CT molecular complexity index is 685. The van der Waals surface area contributed by atoms with Crippen LogP contribution in [0, 0.1) is 0 Å². The first-order valence-electron chi connectivity index (χ1n) is 16.8. The van der Waals surface area contributed by atoms with Crippen LogP contribution >= 0.6 is 0 Å². The number of hydrogen-bond acceptors (Lipinski definition) is 0. The molecule has 2 unspecified atom stereocenters. The van der Waals surface area contributed by atoms with E-state index in [1.807, 2.05) is 0 Å². The SMILES string of the molecule is C1=CC2=C[NH+](C1)CCCCCCCCCCCCCC1=C[NH+](CC=C1)CCCCCCCCCCCC2. The maximum Gasteiger partial charge on any atom is 0.100 e. The summed E-state index contributed by atoms with van der Waals surface area (Å²) < 4.78 is 0. The van der Waals surface area contributed by atoms with E-state index in [1.54, 1.807) is 20.9 Å². The minimum atomic E-state index is 1.20. The Morgan fingerprint density at radius 2 is 0.649 bits per heavy atom. The fourth-order valence-electron chi connectivity index (χ4n) is 6.49. The van der Waals surface area contributed by atoms with Gasteiger partial charge in [0.15, 0.2) is 0 Å². The van der Waals surface area contributed by atoms with Gasteiger partial charge in [0.1, 0.15) is 13.1 Å². The lowest BCUT2D eigenvalue weighted by atomic mass is 10.0. The standard InChI is InChI=1S/C35H60N2/c1-2-6-10-14-18-24-34-26-22-31-37(32-34)29-21-17-13-9-5-3-7-11-15-19-25-35-27-23-30-36(33-35)28-20-16-12-8-4-1/h22-23,26-27,32-33H,1-21,24-25,28-31H2/p+2. The lowest BCUT2D eigenvalue weighted by molar-refractivity contribution is -0.842. The maximum atomic E-state index is 2.56. The summed E-state index contributed by atoms with van der Waals surface area (Å²) in [6.07, 6.45) is 47.5. The minimum Gasteiger partial charge on any atom is -0.305 e. The maximum absolute atomic E-state index is 2.56. The van der Waals surface area contributed by atoms with Crippen LogP contribution < -0.4 is 9.80 Å². The van der Waals surface area contributed by atoms with Gasteiger partial charge in [-0.05, 0) is 63.5 Å². The van der Waals surface area contributed by atoms with E-state index in [4.69, 9.17) is 0 Å².